The van der Waals surface area contributed by atoms with Crippen molar-refractivity contribution in [1.82, 2.24) is 9.97 Å². The van der Waals surface area contributed by atoms with E-state index in [1.165, 1.54) is 28.5 Å². The number of aliphatic hydroxyl groups is 1. The van der Waals surface area contributed by atoms with Gasteiger partial charge in [0.25, 0.3) is 0 Å². The minimum atomic E-state index is -0.150. The van der Waals surface area contributed by atoms with E-state index in [0.29, 0.717) is 10.9 Å². The van der Waals surface area contributed by atoms with Gasteiger partial charge < -0.3 is 9.84 Å². The molecule has 5 heteroatoms. The number of nitrogens with zero attached hydrogens (tertiary/aromatic N) is 2. The minimum Gasteiger partial charge on any atom is -0.496 e. The molecule has 0 saturated carbocycles. The molecule has 1 aromatic heterocycles. The maximum absolute atomic E-state index is 9.78. The quantitative estimate of drug-likeness (QED) is 0.526. The fraction of sp³-hybridized carbons (Fsp3) is 0.238. The van der Waals surface area contributed by atoms with Gasteiger partial charge in [-0.15, -0.1) is 0 Å². The summed E-state index contributed by atoms with van der Waals surface area (Å²) in [6, 6.07) is 12.5. The molecule has 0 bridgehead atoms. The van der Waals surface area contributed by atoms with Crippen molar-refractivity contribution in [3.05, 3.63) is 59.4 Å². The Hall–Kier alpha value is -2.37. The second-order valence-electron chi connectivity index (χ2n) is 6.11. The Morgan fingerprint density at radius 1 is 1.04 bits per heavy atom. The Balaban J connectivity index is 2.18. The van der Waals surface area contributed by atoms with Crippen LogP contribution in [0.1, 0.15) is 16.8 Å². The zero-order valence-corrected chi connectivity index (χ0v) is 16.2. The molecule has 0 unspecified atom stereocenters. The molecule has 2 aromatic carbocycles. The first kappa shape index (κ1) is 18.4. The van der Waals surface area contributed by atoms with Crippen molar-refractivity contribution in [1.29, 1.82) is 0 Å². The van der Waals surface area contributed by atoms with Gasteiger partial charge in [0.2, 0.25) is 0 Å². The third-order valence-corrected chi connectivity index (χ3v) is 4.92. The van der Waals surface area contributed by atoms with E-state index in [0.717, 1.165) is 22.4 Å². The van der Waals surface area contributed by atoms with Gasteiger partial charge in [-0.2, -0.15) is 0 Å². The van der Waals surface area contributed by atoms with E-state index in [-0.39, 0.29) is 6.61 Å². The zero-order chi connectivity index (χ0) is 18.7. The second-order valence-corrected chi connectivity index (χ2v) is 6.88. The topological polar surface area (TPSA) is 55.2 Å². The lowest BCUT2D eigenvalue weighted by Gasteiger charge is -2.15. The maximum Gasteiger partial charge on any atom is 0.187 e. The molecule has 1 heterocycles. The van der Waals surface area contributed by atoms with Gasteiger partial charge in [0.1, 0.15) is 5.75 Å². The fourth-order valence-corrected chi connectivity index (χ4v) is 3.43. The number of aryl methyl sites for hydroxylation is 2. The number of benzene rings is 2. The Bertz CT molecular complexity index is 941. The number of hydrogen-bond acceptors (Lipinski definition) is 5. The Kier molecular flexibility index (Phi) is 5.59. The summed E-state index contributed by atoms with van der Waals surface area (Å²) in [5.74, 6) is 0.730. The van der Waals surface area contributed by atoms with Crippen LogP contribution in [-0.2, 0) is 6.61 Å². The highest BCUT2D eigenvalue weighted by atomic mass is 32.2. The van der Waals surface area contributed by atoms with Crippen molar-refractivity contribution in [2.24, 2.45) is 0 Å². The van der Waals surface area contributed by atoms with E-state index in [4.69, 9.17) is 4.74 Å². The van der Waals surface area contributed by atoms with E-state index < -0.39 is 0 Å². The van der Waals surface area contributed by atoms with E-state index in [2.05, 4.69) is 54.1 Å². The average Bonchev–Trinajstić information content (AvgIpc) is 2.67. The summed E-state index contributed by atoms with van der Waals surface area (Å²) in [7, 11) is 1.64. The highest BCUT2D eigenvalue weighted by molar-refractivity contribution is 7.98. The third-order valence-electron chi connectivity index (χ3n) is 4.36. The van der Waals surface area contributed by atoms with E-state index in [9.17, 15) is 5.11 Å². The van der Waals surface area contributed by atoms with Gasteiger partial charge in [-0.05, 0) is 48.9 Å². The summed E-state index contributed by atoms with van der Waals surface area (Å²) in [5, 5.41) is 10.4. The van der Waals surface area contributed by atoms with Crippen LogP contribution in [0.25, 0.3) is 22.3 Å². The minimum absolute atomic E-state index is 0.150. The van der Waals surface area contributed by atoms with E-state index >= 15 is 0 Å². The molecule has 0 aliphatic rings. The number of aliphatic hydroxyl groups excluding tert-OH is 1. The van der Waals surface area contributed by atoms with Crippen LogP contribution in [0.5, 0.6) is 5.75 Å². The number of hydrogen-bond donors (Lipinski definition) is 1. The number of rotatable bonds is 5. The number of methoxy groups -OCH3 is 1. The average molecular weight is 366 g/mol. The van der Waals surface area contributed by atoms with Crippen LogP contribution in [0, 0.1) is 13.8 Å². The molecule has 0 radical (unpaired) electrons. The van der Waals surface area contributed by atoms with Crippen molar-refractivity contribution in [2.75, 3.05) is 13.4 Å². The van der Waals surface area contributed by atoms with Crippen LogP contribution in [0.4, 0.5) is 0 Å². The van der Waals surface area contributed by atoms with Crippen molar-refractivity contribution in [3.8, 4) is 28.0 Å². The number of thioether (sulfide) groups is 1. The molecule has 0 fully saturated rings. The SMILES string of the molecule is COc1ccc(-c2ccc(C)cc2C)cc1-c1cnc(SC)nc1CO. The summed E-state index contributed by atoms with van der Waals surface area (Å²) in [5.41, 5.74) is 6.99. The number of aromatic nitrogens is 2. The lowest BCUT2D eigenvalue weighted by atomic mass is 9.95. The number of ether oxygens (including phenoxy) is 1. The largest absolute Gasteiger partial charge is 0.496 e. The van der Waals surface area contributed by atoms with Gasteiger partial charge in [0.15, 0.2) is 5.16 Å². The van der Waals surface area contributed by atoms with Crippen molar-refractivity contribution in [3.63, 3.8) is 0 Å². The van der Waals surface area contributed by atoms with Gasteiger partial charge >= 0.3 is 0 Å². The molecule has 0 atom stereocenters. The van der Waals surface area contributed by atoms with Crippen LogP contribution < -0.4 is 4.74 Å². The second kappa shape index (κ2) is 7.89. The normalized spacial score (nSPS) is 10.8. The molecule has 3 aromatic rings. The Morgan fingerprint density at radius 2 is 1.85 bits per heavy atom. The molecule has 1 N–H and O–H groups in total. The zero-order valence-electron chi connectivity index (χ0n) is 15.4. The third kappa shape index (κ3) is 3.59. The van der Waals surface area contributed by atoms with E-state index in [1.54, 1.807) is 13.3 Å². The van der Waals surface area contributed by atoms with Crippen LogP contribution in [0.3, 0.4) is 0 Å². The summed E-state index contributed by atoms with van der Waals surface area (Å²) in [4.78, 5) is 8.81. The van der Waals surface area contributed by atoms with Crippen LogP contribution in [-0.4, -0.2) is 28.4 Å². The fourth-order valence-electron chi connectivity index (χ4n) is 3.07. The van der Waals surface area contributed by atoms with Gasteiger partial charge in [-0.25, -0.2) is 9.97 Å². The molecule has 0 aliphatic carbocycles. The van der Waals surface area contributed by atoms with Crippen molar-refractivity contribution in [2.45, 2.75) is 25.6 Å². The molecule has 0 saturated heterocycles. The molecule has 4 nitrogen and oxygen atoms in total. The molecular weight excluding hydrogens is 344 g/mol. The van der Waals surface area contributed by atoms with E-state index in [1.807, 2.05) is 12.3 Å². The molecular formula is C21H22N2O2S. The van der Waals surface area contributed by atoms with Crippen molar-refractivity contribution < 1.29 is 9.84 Å². The standard InChI is InChI=1S/C21H22N2O2S/c1-13-5-7-16(14(2)9-13)15-6-8-20(25-3)17(10-15)18-11-22-21(26-4)23-19(18)12-24/h5-11,24H,12H2,1-4H3. The highest BCUT2D eigenvalue weighted by Crippen LogP contribution is 2.36. The van der Waals surface area contributed by atoms with Gasteiger partial charge in [0, 0.05) is 17.3 Å². The van der Waals surface area contributed by atoms with Crippen LogP contribution >= 0.6 is 11.8 Å². The van der Waals surface area contributed by atoms with Crippen molar-refractivity contribution >= 4 is 11.8 Å². The Morgan fingerprint density at radius 3 is 2.50 bits per heavy atom. The molecule has 0 aliphatic heterocycles. The van der Waals surface area contributed by atoms with Gasteiger partial charge in [0.05, 0.1) is 19.4 Å². The summed E-state index contributed by atoms with van der Waals surface area (Å²) >= 11 is 1.45. The summed E-state index contributed by atoms with van der Waals surface area (Å²) in [6.07, 6.45) is 3.67. The molecule has 0 spiro atoms. The monoisotopic (exact) mass is 366 g/mol. The van der Waals surface area contributed by atoms with Crippen LogP contribution in [0.15, 0.2) is 47.8 Å². The van der Waals surface area contributed by atoms with Gasteiger partial charge in [-0.1, -0.05) is 41.6 Å². The first-order valence-corrected chi connectivity index (χ1v) is 9.56. The summed E-state index contributed by atoms with van der Waals surface area (Å²) < 4.78 is 5.55. The smallest absolute Gasteiger partial charge is 0.187 e. The lowest BCUT2D eigenvalue weighted by molar-refractivity contribution is 0.276. The lowest BCUT2D eigenvalue weighted by Crippen LogP contribution is -2.00. The molecule has 134 valence electrons. The van der Waals surface area contributed by atoms with Gasteiger partial charge in [-0.3, -0.25) is 0 Å². The predicted octanol–water partition coefficient (Wildman–Crippen LogP) is 4.65. The summed E-state index contributed by atoms with van der Waals surface area (Å²) in [6.45, 7) is 4.05. The molecule has 0 amide bonds. The predicted molar refractivity (Wildman–Crippen MR) is 107 cm³/mol. The molecule has 3 rings (SSSR count). The van der Waals surface area contributed by atoms with Crippen LogP contribution in [0.2, 0.25) is 0 Å². The molecule has 26 heavy (non-hydrogen) atoms. The first-order chi connectivity index (χ1) is 12.6. The first-order valence-electron chi connectivity index (χ1n) is 8.34. The highest BCUT2D eigenvalue weighted by Gasteiger charge is 2.15. The maximum atomic E-state index is 9.78. The Labute approximate surface area is 158 Å².